The van der Waals surface area contributed by atoms with Crippen molar-refractivity contribution in [1.82, 2.24) is 4.90 Å². The molecule has 1 aliphatic heterocycles. The van der Waals surface area contributed by atoms with Crippen molar-refractivity contribution >= 4 is 0 Å². The average molecular weight is 140 g/mol. The maximum atomic E-state index is 5.65. The summed E-state index contributed by atoms with van der Waals surface area (Å²) in [6.07, 6.45) is 3.30. The van der Waals surface area contributed by atoms with Gasteiger partial charge in [-0.05, 0) is 13.3 Å². The summed E-state index contributed by atoms with van der Waals surface area (Å²) in [6, 6.07) is 0.418. The van der Waals surface area contributed by atoms with E-state index in [9.17, 15) is 0 Å². The van der Waals surface area contributed by atoms with Crippen LogP contribution in [-0.4, -0.2) is 24.0 Å². The quantitative estimate of drug-likeness (QED) is 0.618. The zero-order valence-corrected chi connectivity index (χ0v) is 6.80. The number of nitrogens with zero attached hydrogens (tertiary/aromatic N) is 1. The van der Waals surface area contributed by atoms with E-state index in [0.29, 0.717) is 6.04 Å². The summed E-state index contributed by atoms with van der Waals surface area (Å²) in [6.45, 7) is 6.36. The molecule has 0 saturated carbocycles. The highest BCUT2D eigenvalue weighted by molar-refractivity contribution is 5.05. The minimum absolute atomic E-state index is 0.418. The van der Waals surface area contributed by atoms with Crippen molar-refractivity contribution in [2.75, 3.05) is 13.1 Å². The van der Waals surface area contributed by atoms with Crippen molar-refractivity contribution in [3.63, 3.8) is 0 Å². The van der Waals surface area contributed by atoms with E-state index in [1.165, 1.54) is 5.70 Å². The third-order valence-electron chi connectivity index (χ3n) is 2.01. The van der Waals surface area contributed by atoms with Crippen molar-refractivity contribution in [2.45, 2.75) is 26.3 Å². The Labute approximate surface area is 62.7 Å². The topological polar surface area (TPSA) is 29.3 Å². The Kier molecular flexibility index (Phi) is 2.33. The van der Waals surface area contributed by atoms with Gasteiger partial charge in [0.2, 0.25) is 0 Å². The van der Waals surface area contributed by atoms with E-state index in [-0.39, 0.29) is 0 Å². The predicted octanol–water partition coefficient (Wildman–Crippen LogP) is 0.943. The molecule has 0 bridgehead atoms. The Hall–Kier alpha value is -0.500. The molecule has 0 amide bonds. The van der Waals surface area contributed by atoms with Crippen LogP contribution in [0.3, 0.4) is 0 Å². The molecule has 0 unspecified atom stereocenters. The Morgan fingerprint density at radius 3 is 2.60 bits per heavy atom. The van der Waals surface area contributed by atoms with Gasteiger partial charge >= 0.3 is 0 Å². The van der Waals surface area contributed by atoms with Gasteiger partial charge in [0.1, 0.15) is 0 Å². The number of nitrogens with two attached hydrogens (primary N) is 1. The van der Waals surface area contributed by atoms with Gasteiger partial charge in [0, 0.05) is 24.8 Å². The van der Waals surface area contributed by atoms with Crippen LogP contribution in [0.5, 0.6) is 0 Å². The second-order valence-corrected chi connectivity index (χ2v) is 2.80. The van der Waals surface area contributed by atoms with Crippen LogP contribution in [-0.2, 0) is 0 Å². The van der Waals surface area contributed by atoms with Gasteiger partial charge in [-0.25, -0.2) is 0 Å². The fourth-order valence-corrected chi connectivity index (χ4v) is 1.36. The van der Waals surface area contributed by atoms with Crippen LogP contribution in [0.1, 0.15) is 20.3 Å². The average Bonchev–Trinajstić information content (AvgIpc) is 1.87. The third kappa shape index (κ3) is 1.32. The van der Waals surface area contributed by atoms with Gasteiger partial charge in [0.05, 0.1) is 0 Å². The van der Waals surface area contributed by atoms with Crippen LogP contribution < -0.4 is 5.73 Å². The molecular formula is C8H16N2. The van der Waals surface area contributed by atoms with Crippen LogP contribution in [0.25, 0.3) is 0 Å². The van der Waals surface area contributed by atoms with Crippen LogP contribution in [0, 0.1) is 0 Å². The molecule has 0 spiro atoms. The van der Waals surface area contributed by atoms with Gasteiger partial charge in [-0.1, -0.05) is 13.0 Å². The summed E-state index contributed by atoms with van der Waals surface area (Å²) >= 11 is 0. The molecule has 0 aromatic heterocycles. The van der Waals surface area contributed by atoms with Crippen molar-refractivity contribution < 1.29 is 0 Å². The summed E-state index contributed by atoms with van der Waals surface area (Å²) in [7, 11) is 0. The smallest absolute Gasteiger partial charge is 0.0395 e. The number of hydrogen-bond acceptors (Lipinski definition) is 2. The monoisotopic (exact) mass is 140 g/mol. The number of hydrogen-bond donors (Lipinski definition) is 1. The van der Waals surface area contributed by atoms with Crippen LogP contribution in [0.4, 0.5) is 0 Å². The second-order valence-electron chi connectivity index (χ2n) is 2.80. The molecule has 1 fully saturated rings. The molecule has 2 N–H and O–H groups in total. The van der Waals surface area contributed by atoms with Gasteiger partial charge in [0.25, 0.3) is 0 Å². The largest absolute Gasteiger partial charge is 0.372 e. The summed E-state index contributed by atoms with van der Waals surface area (Å²) in [4.78, 5) is 2.34. The second kappa shape index (κ2) is 3.06. The molecule has 0 atom stereocenters. The Bertz CT molecular complexity index is 134. The van der Waals surface area contributed by atoms with Crippen molar-refractivity contribution in [3.8, 4) is 0 Å². The highest BCUT2D eigenvalue weighted by Gasteiger charge is 2.23. The minimum Gasteiger partial charge on any atom is -0.372 e. The highest BCUT2D eigenvalue weighted by atomic mass is 15.2. The normalized spacial score (nSPS) is 21.1. The third-order valence-corrected chi connectivity index (χ3v) is 2.01. The summed E-state index contributed by atoms with van der Waals surface area (Å²) < 4.78 is 0. The van der Waals surface area contributed by atoms with E-state index in [4.69, 9.17) is 5.73 Å². The highest BCUT2D eigenvalue weighted by Crippen LogP contribution is 2.15. The van der Waals surface area contributed by atoms with Crippen molar-refractivity contribution in [2.24, 2.45) is 5.73 Å². The molecule has 0 aromatic rings. The Morgan fingerprint density at radius 1 is 1.70 bits per heavy atom. The van der Waals surface area contributed by atoms with Crippen molar-refractivity contribution in [3.05, 3.63) is 11.8 Å². The number of rotatable bonds is 2. The lowest BCUT2D eigenvalue weighted by atomic mass is 10.1. The zero-order chi connectivity index (χ0) is 7.56. The molecule has 1 saturated heterocycles. The molecule has 2 heteroatoms. The summed E-state index contributed by atoms with van der Waals surface area (Å²) in [5, 5.41) is 0. The molecular weight excluding hydrogens is 124 g/mol. The maximum absolute atomic E-state index is 5.65. The Balaban J connectivity index is 2.36. The SMILES string of the molecule is CC=C(CC)N1CC(N)C1. The van der Waals surface area contributed by atoms with Crippen LogP contribution in [0.2, 0.25) is 0 Å². The van der Waals surface area contributed by atoms with E-state index in [1.807, 2.05) is 0 Å². The zero-order valence-electron chi connectivity index (χ0n) is 6.80. The maximum Gasteiger partial charge on any atom is 0.0395 e. The first kappa shape index (κ1) is 7.61. The lowest BCUT2D eigenvalue weighted by Crippen LogP contribution is -2.54. The molecule has 1 rings (SSSR count). The number of likely N-dealkylation sites (tertiary alicyclic amines) is 1. The molecule has 1 aliphatic rings. The molecule has 58 valence electrons. The predicted molar refractivity (Wildman–Crippen MR) is 43.6 cm³/mol. The molecule has 0 radical (unpaired) electrons. The van der Waals surface area contributed by atoms with Gasteiger partial charge in [0.15, 0.2) is 0 Å². The molecule has 0 aromatic carbocycles. The van der Waals surface area contributed by atoms with E-state index >= 15 is 0 Å². The van der Waals surface area contributed by atoms with E-state index < -0.39 is 0 Å². The van der Waals surface area contributed by atoms with Crippen molar-refractivity contribution in [1.29, 1.82) is 0 Å². The summed E-state index contributed by atoms with van der Waals surface area (Å²) in [5.41, 5.74) is 7.08. The standard InChI is InChI=1S/C8H16N2/c1-3-8(4-2)10-5-7(9)6-10/h3,7H,4-6,9H2,1-2H3. The molecule has 1 heterocycles. The minimum atomic E-state index is 0.418. The van der Waals surface area contributed by atoms with Gasteiger partial charge in [-0.15, -0.1) is 0 Å². The molecule has 0 aliphatic carbocycles. The lowest BCUT2D eigenvalue weighted by Gasteiger charge is -2.40. The first-order valence-electron chi connectivity index (χ1n) is 3.93. The first-order chi connectivity index (χ1) is 4.77. The van der Waals surface area contributed by atoms with Crippen LogP contribution >= 0.6 is 0 Å². The fraction of sp³-hybridized carbons (Fsp3) is 0.750. The van der Waals surface area contributed by atoms with Gasteiger partial charge in [-0.3, -0.25) is 0 Å². The summed E-state index contributed by atoms with van der Waals surface area (Å²) in [5.74, 6) is 0. The van der Waals surface area contributed by atoms with E-state index in [2.05, 4.69) is 24.8 Å². The van der Waals surface area contributed by atoms with Crippen LogP contribution in [0.15, 0.2) is 11.8 Å². The first-order valence-corrected chi connectivity index (χ1v) is 3.93. The van der Waals surface area contributed by atoms with E-state index in [0.717, 1.165) is 19.5 Å². The molecule has 2 nitrogen and oxygen atoms in total. The fourth-order valence-electron chi connectivity index (χ4n) is 1.36. The number of allylic oxidation sites excluding steroid dienone is 2. The van der Waals surface area contributed by atoms with Gasteiger partial charge < -0.3 is 10.6 Å². The Morgan fingerprint density at radius 2 is 2.30 bits per heavy atom. The van der Waals surface area contributed by atoms with E-state index in [1.54, 1.807) is 0 Å². The van der Waals surface area contributed by atoms with Gasteiger partial charge in [-0.2, -0.15) is 0 Å². The lowest BCUT2D eigenvalue weighted by molar-refractivity contribution is 0.195. The molecule has 10 heavy (non-hydrogen) atoms.